The van der Waals surface area contributed by atoms with Gasteiger partial charge in [-0.3, -0.25) is 4.79 Å². The van der Waals surface area contributed by atoms with E-state index < -0.39 is 11.5 Å². The number of aromatic carboxylic acids is 1. The molecule has 0 aliphatic rings. The molecule has 0 spiro atoms. The van der Waals surface area contributed by atoms with Gasteiger partial charge >= 0.3 is 5.97 Å². The van der Waals surface area contributed by atoms with E-state index in [0.29, 0.717) is 0 Å². The number of carboxylic acid groups (broad SMARTS) is 1. The molecule has 2 N–H and O–H groups in total. The van der Waals surface area contributed by atoms with Crippen molar-refractivity contribution in [3.05, 3.63) is 35.4 Å². The second-order valence-corrected chi connectivity index (χ2v) is 7.10. The molecule has 21 heavy (non-hydrogen) atoms. The Bertz CT molecular complexity index is 550. The molecule has 4 nitrogen and oxygen atoms in total. The van der Waals surface area contributed by atoms with Gasteiger partial charge in [0.05, 0.1) is 11.1 Å². The van der Waals surface area contributed by atoms with Gasteiger partial charge in [-0.15, -0.1) is 0 Å². The SMILES string of the molecule is CC(S)C(C)(C)C(C)(C)NC(=O)c1ccccc1C(=O)O. The van der Waals surface area contributed by atoms with Gasteiger partial charge in [-0.1, -0.05) is 32.9 Å². The van der Waals surface area contributed by atoms with Crippen molar-refractivity contribution in [2.45, 2.75) is 45.4 Å². The van der Waals surface area contributed by atoms with E-state index in [-0.39, 0.29) is 27.7 Å². The zero-order valence-corrected chi connectivity index (χ0v) is 14.0. The first kappa shape index (κ1) is 17.6. The molecule has 5 heteroatoms. The highest BCUT2D eigenvalue weighted by Crippen LogP contribution is 2.36. The molecule has 1 unspecified atom stereocenters. The van der Waals surface area contributed by atoms with Crippen molar-refractivity contribution in [3.63, 3.8) is 0 Å². The Labute approximate surface area is 131 Å². The molecule has 0 aromatic heterocycles. The highest BCUT2D eigenvalue weighted by molar-refractivity contribution is 7.81. The maximum Gasteiger partial charge on any atom is 0.336 e. The van der Waals surface area contributed by atoms with Crippen LogP contribution in [0.3, 0.4) is 0 Å². The smallest absolute Gasteiger partial charge is 0.336 e. The van der Waals surface area contributed by atoms with Crippen LogP contribution in [-0.2, 0) is 0 Å². The molecule has 1 rings (SSSR count). The van der Waals surface area contributed by atoms with Gasteiger partial charge in [0.1, 0.15) is 0 Å². The number of benzene rings is 1. The third-order valence-electron chi connectivity index (χ3n) is 4.48. The van der Waals surface area contributed by atoms with Crippen LogP contribution in [0.5, 0.6) is 0 Å². The third kappa shape index (κ3) is 3.59. The van der Waals surface area contributed by atoms with Gasteiger partial charge in [0, 0.05) is 10.8 Å². The van der Waals surface area contributed by atoms with E-state index in [0.717, 1.165) is 0 Å². The Morgan fingerprint density at radius 3 is 2.05 bits per heavy atom. The zero-order chi connectivity index (χ0) is 16.4. The van der Waals surface area contributed by atoms with Crippen LogP contribution < -0.4 is 5.32 Å². The Balaban J connectivity index is 3.10. The third-order valence-corrected chi connectivity index (χ3v) is 5.13. The topological polar surface area (TPSA) is 66.4 Å². The summed E-state index contributed by atoms with van der Waals surface area (Å²) in [7, 11) is 0. The first-order valence-electron chi connectivity index (χ1n) is 6.83. The zero-order valence-electron chi connectivity index (χ0n) is 13.1. The number of hydrogen-bond donors (Lipinski definition) is 3. The van der Waals surface area contributed by atoms with Crippen LogP contribution >= 0.6 is 12.6 Å². The lowest BCUT2D eigenvalue weighted by atomic mass is 9.72. The van der Waals surface area contributed by atoms with Crippen molar-refractivity contribution in [2.75, 3.05) is 0 Å². The Kier molecular flexibility index (Phi) is 5.10. The number of carbonyl (C=O) groups is 2. The molecule has 1 atom stereocenters. The summed E-state index contributed by atoms with van der Waals surface area (Å²) in [5.41, 5.74) is -0.649. The van der Waals surface area contributed by atoms with Crippen LogP contribution in [0.4, 0.5) is 0 Å². The monoisotopic (exact) mass is 309 g/mol. The standard InChI is InChI=1S/C16H23NO3S/c1-10(21)15(2,3)16(4,5)17-13(18)11-8-6-7-9-12(11)14(19)20/h6-10,21H,1-5H3,(H,17,18)(H,19,20). The predicted molar refractivity (Wildman–Crippen MR) is 87.2 cm³/mol. The van der Waals surface area contributed by atoms with Crippen LogP contribution in [-0.4, -0.2) is 27.8 Å². The second kappa shape index (κ2) is 6.10. The normalized spacial score (nSPS) is 13.6. The van der Waals surface area contributed by atoms with Gasteiger partial charge in [-0.2, -0.15) is 12.6 Å². The molecule has 0 heterocycles. The molecular weight excluding hydrogens is 286 g/mol. The molecule has 116 valence electrons. The van der Waals surface area contributed by atoms with E-state index in [2.05, 4.69) is 17.9 Å². The van der Waals surface area contributed by atoms with E-state index in [4.69, 9.17) is 5.11 Å². The average Bonchev–Trinajstić information content (AvgIpc) is 2.37. The molecule has 1 amide bonds. The lowest BCUT2D eigenvalue weighted by Crippen LogP contribution is -2.56. The van der Waals surface area contributed by atoms with Gasteiger partial charge in [-0.05, 0) is 31.4 Å². The highest BCUT2D eigenvalue weighted by Gasteiger charge is 2.41. The maximum atomic E-state index is 12.5. The van der Waals surface area contributed by atoms with Crippen LogP contribution in [0.1, 0.15) is 55.3 Å². The number of carboxylic acids is 1. The minimum absolute atomic E-state index is 0.00234. The first-order chi connectivity index (χ1) is 9.50. The number of hydrogen-bond acceptors (Lipinski definition) is 3. The minimum atomic E-state index is -1.11. The van der Waals surface area contributed by atoms with Crippen molar-refractivity contribution in [2.24, 2.45) is 5.41 Å². The first-order valence-corrected chi connectivity index (χ1v) is 7.35. The molecule has 0 saturated carbocycles. The maximum absolute atomic E-state index is 12.5. The number of rotatable bonds is 5. The summed E-state index contributed by atoms with van der Waals surface area (Å²) < 4.78 is 0. The van der Waals surface area contributed by atoms with Crippen LogP contribution in [0.2, 0.25) is 0 Å². The lowest BCUT2D eigenvalue weighted by molar-refractivity contribution is 0.0684. The van der Waals surface area contributed by atoms with Crippen molar-refractivity contribution < 1.29 is 14.7 Å². The van der Waals surface area contributed by atoms with Gasteiger partial charge < -0.3 is 10.4 Å². The summed E-state index contributed by atoms with van der Waals surface area (Å²) in [5, 5.41) is 12.2. The highest BCUT2D eigenvalue weighted by atomic mass is 32.1. The minimum Gasteiger partial charge on any atom is -0.478 e. The number of carbonyl (C=O) groups excluding carboxylic acids is 1. The molecule has 0 aliphatic carbocycles. The summed E-state index contributed by atoms with van der Waals surface area (Å²) in [5.74, 6) is -1.50. The number of thiol groups is 1. The van der Waals surface area contributed by atoms with Gasteiger partial charge in [0.25, 0.3) is 5.91 Å². The van der Waals surface area contributed by atoms with E-state index >= 15 is 0 Å². The van der Waals surface area contributed by atoms with E-state index in [1.807, 2.05) is 34.6 Å². The predicted octanol–water partition coefficient (Wildman–Crippen LogP) is 3.24. The fourth-order valence-electron chi connectivity index (χ4n) is 1.90. The Morgan fingerprint density at radius 1 is 1.14 bits per heavy atom. The fourth-order valence-corrected chi connectivity index (χ4v) is 2.22. The molecule has 0 bridgehead atoms. The summed E-state index contributed by atoms with van der Waals surface area (Å²) in [6.07, 6.45) is 0. The molecule has 0 radical (unpaired) electrons. The van der Waals surface area contributed by atoms with Gasteiger partial charge in [0.2, 0.25) is 0 Å². The van der Waals surface area contributed by atoms with Gasteiger partial charge in [-0.25, -0.2) is 4.79 Å². The lowest BCUT2D eigenvalue weighted by Gasteiger charge is -2.44. The number of amides is 1. The summed E-state index contributed by atoms with van der Waals surface area (Å²) >= 11 is 4.49. The van der Waals surface area contributed by atoms with Crippen LogP contribution in [0.15, 0.2) is 24.3 Å². The van der Waals surface area contributed by atoms with Crippen molar-refractivity contribution in [3.8, 4) is 0 Å². The average molecular weight is 309 g/mol. The van der Waals surface area contributed by atoms with Crippen LogP contribution in [0, 0.1) is 5.41 Å². The quantitative estimate of drug-likeness (QED) is 0.732. The van der Waals surface area contributed by atoms with Gasteiger partial charge in [0.15, 0.2) is 0 Å². The fraction of sp³-hybridized carbons (Fsp3) is 0.500. The largest absolute Gasteiger partial charge is 0.478 e. The molecule has 0 fully saturated rings. The molecule has 0 saturated heterocycles. The van der Waals surface area contributed by atoms with E-state index in [1.54, 1.807) is 12.1 Å². The van der Waals surface area contributed by atoms with Crippen LogP contribution in [0.25, 0.3) is 0 Å². The molecule has 0 aliphatic heterocycles. The number of nitrogens with one attached hydrogen (secondary N) is 1. The van der Waals surface area contributed by atoms with Crippen molar-refractivity contribution >= 4 is 24.5 Å². The molecule has 1 aromatic rings. The van der Waals surface area contributed by atoms with Crippen molar-refractivity contribution in [1.29, 1.82) is 0 Å². The Morgan fingerprint density at radius 2 is 1.62 bits per heavy atom. The summed E-state index contributed by atoms with van der Waals surface area (Å²) in [4.78, 5) is 23.7. The summed E-state index contributed by atoms with van der Waals surface area (Å²) in [6.45, 7) is 9.85. The molecule has 1 aromatic carbocycles. The van der Waals surface area contributed by atoms with E-state index in [9.17, 15) is 9.59 Å². The second-order valence-electron chi connectivity index (χ2n) is 6.33. The van der Waals surface area contributed by atoms with Crippen molar-refractivity contribution in [1.82, 2.24) is 5.32 Å². The Hall–Kier alpha value is -1.49. The molecular formula is C16H23NO3S. The summed E-state index contributed by atoms with van der Waals surface area (Å²) in [6, 6.07) is 6.20. The van der Waals surface area contributed by atoms with E-state index in [1.165, 1.54) is 12.1 Å².